The van der Waals surface area contributed by atoms with Gasteiger partial charge in [0, 0.05) is 17.8 Å². The minimum atomic E-state index is -0.540. The third kappa shape index (κ3) is 2.57. The summed E-state index contributed by atoms with van der Waals surface area (Å²) < 4.78 is 5.25. The quantitative estimate of drug-likeness (QED) is 0.911. The molecule has 2 aromatic heterocycles. The molecule has 7 heteroatoms. The number of fused-ring (bicyclic) bond motifs is 1. The Labute approximate surface area is 138 Å². The van der Waals surface area contributed by atoms with Gasteiger partial charge < -0.3 is 14.5 Å². The van der Waals surface area contributed by atoms with Gasteiger partial charge in [-0.3, -0.25) is 4.79 Å². The van der Waals surface area contributed by atoms with Gasteiger partial charge in [0.15, 0.2) is 5.82 Å². The maximum absolute atomic E-state index is 13.1. The molecule has 1 aliphatic heterocycles. The molecule has 0 bridgehead atoms. The van der Waals surface area contributed by atoms with Gasteiger partial charge in [-0.15, -0.1) is 11.3 Å². The van der Waals surface area contributed by atoms with Crippen molar-refractivity contribution >= 4 is 17.2 Å². The van der Waals surface area contributed by atoms with Gasteiger partial charge in [-0.1, -0.05) is 5.16 Å². The van der Waals surface area contributed by atoms with E-state index in [0.29, 0.717) is 24.7 Å². The molecule has 23 heavy (non-hydrogen) atoms. The normalized spacial score (nSPS) is 27.2. The van der Waals surface area contributed by atoms with E-state index < -0.39 is 6.10 Å². The van der Waals surface area contributed by atoms with Gasteiger partial charge in [-0.25, -0.2) is 0 Å². The summed E-state index contributed by atoms with van der Waals surface area (Å²) in [6.45, 7) is 2.09. The van der Waals surface area contributed by atoms with Crippen LogP contribution in [0.4, 0.5) is 0 Å². The number of aliphatic hydroxyl groups is 1. The first-order valence-electron chi connectivity index (χ1n) is 7.98. The first-order chi connectivity index (χ1) is 11.1. The first-order valence-corrected chi connectivity index (χ1v) is 8.86. The van der Waals surface area contributed by atoms with Crippen LogP contribution in [0.5, 0.6) is 0 Å². The molecule has 0 radical (unpaired) electrons. The molecule has 3 heterocycles. The number of carbonyl (C=O) groups excluding carboxylic acids is 1. The number of aromatic nitrogens is 2. The summed E-state index contributed by atoms with van der Waals surface area (Å²) in [5.74, 6) is 0.934. The fourth-order valence-corrected chi connectivity index (χ4v) is 4.67. The molecule has 2 aliphatic rings. The van der Waals surface area contributed by atoms with Crippen LogP contribution in [-0.4, -0.2) is 38.7 Å². The number of β-amino-alcohol motifs (C(OH)–C–C–N with tert-alkyl or cyclic N) is 1. The van der Waals surface area contributed by atoms with Crippen LogP contribution in [0.1, 0.15) is 53.4 Å². The summed E-state index contributed by atoms with van der Waals surface area (Å²) in [5, 5.41) is 15.9. The zero-order chi connectivity index (χ0) is 16.0. The number of likely N-dealkylation sites (tertiary alicyclic amines) is 1. The lowest BCUT2D eigenvalue weighted by atomic mass is 9.86. The lowest BCUT2D eigenvalue weighted by Crippen LogP contribution is -2.36. The highest BCUT2D eigenvalue weighted by molar-refractivity contribution is 7.10. The molecule has 1 aliphatic carbocycles. The molecule has 1 N–H and O–H groups in total. The average molecular weight is 333 g/mol. The van der Waals surface area contributed by atoms with E-state index in [-0.39, 0.29) is 17.9 Å². The molecule has 4 rings (SSSR count). The van der Waals surface area contributed by atoms with Gasteiger partial charge in [0.2, 0.25) is 11.8 Å². The van der Waals surface area contributed by atoms with Crippen molar-refractivity contribution < 1.29 is 14.4 Å². The predicted molar refractivity (Wildman–Crippen MR) is 84.1 cm³/mol. The number of amides is 1. The Morgan fingerprint density at radius 3 is 3.17 bits per heavy atom. The van der Waals surface area contributed by atoms with Crippen LogP contribution in [0, 0.1) is 6.92 Å². The number of hydrogen-bond donors (Lipinski definition) is 1. The summed E-state index contributed by atoms with van der Waals surface area (Å²) in [5.41, 5.74) is 1.16. The number of nitrogens with zero attached hydrogens (tertiary/aromatic N) is 3. The van der Waals surface area contributed by atoms with E-state index in [1.807, 2.05) is 0 Å². The van der Waals surface area contributed by atoms with Crippen LogP contribution in [0.3, 0.4) is 0 Å². The van der Waals surface area contributed by atoms with Crippen molar-refractivity contribution in [2.75, 3.05) is 6.54 Å². The molecule has 0 spiro atoms. The van der Waals surface area contributed by atoms with Crippen molar-refractivity contribution in [3.8, 4) is 0 Å². The number of thiophene rings is 1. The van der Waals surface area contributed by atoms with E-state index in [1.165, 1.54) is 4.88 Å². The fourth-order valence-electron chi connectivity index (χ4n) is 3.68. The molecule has 6 nitrogen and oxygen atoms in total. The largest absolute Gasteiger partial charge is 0.391 e. The van der Waals surface area contributed by atoms with E-state index in [4.69, 9.17) is 4.52 Å². The summed E-state index contributed by atoms with van der Waals surface area (Å²) in [6, 6.07) is 1.75. The zero-order valence-electron chi connectivity index (χ0n) is 12.9. The second-order valence-corrected chi connectivity index (χ2v) is 7.32. The first kappa shape index (κ1) is 14.8. The average Bonchev–Trinajstić information content (AvgIpc) is 3.24. The number of carbonyl (C=O) groups is 1. The molecular weight excluding hydrogens is 314 g/mol. The van der Waals surface area contributed by atoms with Crippen LogP contribution in [0.15, 0.2) is 16.0 Å². The van der Waals surface area contributed by atoms with Crippen molar-refractivity contribution in [1.82, 2.24) is 15.0 Å². The molecule has 0 saturated carbocycles. The van der Waals surface area contributed by atoms with E-state index in [1.54, 1.807) is 23.2 Å². The van der Waals surface area contributed by atoms with E-state index in [2.05, 4.69) is 21.6 Å². The standard InChI is InChI=1S/C16H19N3O3S/c1-9-17-15(22-18-9)13-7-10(20)8-19(13)16(21)12-3-2-4-14-11(12)5-6-23-14/h5-6,10,12-13,20H,2-4,7-8H2,1H3/t10-,12?,13+/m0/s1. The highest BCUT2D eigenvalue weighted by atomic mass is 32.1. The smallest absolute Gasteiger partial charge is 0.249 e. The van der Waals surface area contributed by atoms with Crippen LogP contribution >= 0.6 is 11.3 Å². The van der Waals surface area contributed by atoms with Crippen molar-refractivity contribution in [1.29, 1.82) is 0 Å². The second kappa shape index (κ2) is 5.72. The number of aliphatic hydroxyl groups excluding tert-OH is 1. The van der Waals surface area contributed by atoms with Crippen LogP contribution in [0.2, 0.25) is 0 Å². The predicted octanol–water partition coefficient (Wildman–Crippen LogP) is 2.19. The van der Waals surface area contributed by atoms with E-state index in [9.17, 15) is 9.90 Å². The fraction of sp³-hybridized carbons (Fsp3) is 0.562. The molecule has 122 valence electrons. The lowest BCUT2D eigenvalue weighted by Gasteiger charge is -2.29. The van der Waals surface area contributed by atoms with Gasteiger partial charge in [-0.05, 0) is 43.2 Å². The summed E-state index contributed by atoms with van der Waals surface area (Å²) >= 11 is 1.73. The van der Waals surface area contributed by atoms with Crippen molar-refractivity contribution in [2.45, 2.75) is 50.7 Å². The Morgan fingerprint density at radius 1 is 1.52 bits per heavy atom. The van der Waals surface area contributed by atoms with Gasteiger partial charge in [-0.2, -0.15) is 4.98 Å². The Bertz CT molecular complexity index is 726. The maximum atomic E-state index is 13.1. The molecule has 1 amide bonds. The molecule has 1 fully saturated rings. The number of rotatable bonds is 2. The minimum absolute atomic E-state index is 0.0711. The molecule has 1 saturated heterocycles. The molecule has 0 aromatic carbocycles. The monoisotopic (exact) mass is 333 g/mol. The molecular formula is C16H19N3O3S. The van der Waals surface area contributed by atoms with Crippen LogP contribution in [0.25, 0.3) is 0 Å². The number of aryl methyl sites for hydroxylation is 2. The van der Waals surface area contributed by atoms with Crippen molar-refractivity contribution in [3.63, 3.8) is 0 Å². The highest BCUT2D eigenvalue weighted by Crippen LogP contribution is 2.40. The van der Waals surface area contributed by atoms with Crippen molar-refractivity contribution in [2.24, 2.45) is 0 Å². The topological polar surface area (TPSA) is 79.5 Å². The summed E-state index contributed by atoms with van der Waals surface area (Å²) in [4.78, 5) is 20.4. The van der Waals surface area contributed by atoms with Crippen LogP contribution < -0.4 is 0 Å². The van der Waals surface area contributed by atoms with Crippen LogP contribution in [-0.2, 0) is 11.2 Å². The number of hydrogen-bond acceptors (Lipinski definition) is 6. The third-order valence-electron chi connectivity index (χ3n) is 4.74. The Morgan fingerprint density at radius 2 is 2.39 bits per heavy atom. The third-order valence-corrected chi connectivity index (χ3v) is 5.74. The van der Waals surface area contributed by atoms with Gasteiger partial charge >= 0.3 is 0 Å². The van der Waals surface area contributed by atoms with E-state index >= 15 is 0 Å². The van der Waals surface area contributed by atoms with Crippen molar-refractivity contribution in [3.05, 3.63) is 33.6 Å². The summed E-state index contributed by atoms with van der Waals surface area (Å²) in [6.07, 6.45) is 2.87. The molecule has 2 aromatic rings. The molecule has 3 atom stereocenters. The lowest BCUT2D eigenvalue weighted by molar-refractivity contribution is -0.134. The molecule has 1 unspecified atom stereocenters. The van der Waals surface area contributed by atoms with E-state index in [0.717, 1.165) is 24.8 Å². The highest BCUT2D eigenvalue weighted by Gasteiger charge is 2.42. The summed E-state index contributed by atoms with van der Waals surface area (Å²) in [7, 11) is 0. The Kier molecular flexibility index (Phi) is 3.69. The van der Waals surface area contributed by atoms with Gasteiger partial charge in [0.05, 0.1) is 12.0 Å². The Hall–Kier alpha value is -1.73. The second-order valence-electron chi connectivity index (χ2n) is 6.32. The van der Waals surface area contributed by atoms with Gasteiger partial charge in [0.1, 0.15) is 6.04 Å². The SMILES string of the molecule is Cc1noc([C@H]2C[C@H](O)CN2C(=O)C2CCCc3sccc32)n1. The maximum Gasteiger partial charge on any atom is 0.249 e. The van der Waals surface area contributed by atoms with Gasteiger partial charge in [0.25, 0.3) is 0 Å². The minimum Gasteiger partial charge on any atom is -0.391 e. The Balaban J connectivity index is 1.62. The zero-order valence-corrected chi connectivity index (χ0v) is 13.8.